The minimum Gasteiger partial charge on any atom is -0.478 e. The van der Waals surface area contributed by atoms with Crippen LogP contribution in [0, 0.1) is 0 Å². The summed E-state index contributed by atoms with van der Waals surface area (Å²) in [6.45, 7) is 4.24. The van der Waals surface area contributed by atoms with E-state index in [1.165, 1.54) is 0 Å². The number of carbonyl (C=O) groups is 1. The third kappa shape index (κ3) is 3.08. The van der Waals surface area contributed by atoms with Gasteiger partial charge in [0.1, 0.15) is 0 Å². The maximum absolute atomic E-state index is 11.0. The topological polar surface area (TPSA) is 37.3 Å². The van der Waals surface area contributed by atoms with Crippen LogP contribution >= 0.6 is 0 Å². The zero-order valence-electron chi connectivity index (χ0n) is 9.36. The van der Waals surface area contributed by atoms with Crippen molar-refractivity contribution in [2.75, 3.05) is 0 Å². The molecule has 1 N–H and O–H groups in total. The molecule has 0 saturated carbocycles. The number of unbranched alkanes of at least 4 members (excludes halogenated alkanes) is 1. The number of aromatic carboxylic acids is 1. The van der Waals surface area contributed by atoms with Crippen molar-refractivity contribution >= 4 is 5.97 Å². The van der Waals surface area contributed by atoms with Gasteiger partial charge in [-0.1, -0.05) is 44.9 Å². The van der Waals surface area contributed by atoms with Crippen molar-refractivity contribution in [3.8, 4) is 0 Å². The fourth-order valence-corrected chi connectivity index (χ4v) is 1.79. The SMILES string of the molecule is CCCCC(C)c1ccccc1C(=O)O. The van der Waals surface area contributed by atoms with E-state index >= 15 is 0 Å². The Bertz CT molecular complexity index is 331. The normalized spacial score (nSPS) is 12.4. The summed E-state index contributed by atoms with van der Waals surface area (Å²) in [7, 11) is 0. The minimum atomic E-state index is -0.825. The van der Waals surface area contributed by atoms with Crippen LogP contribution in [0.2, 0.25) is 0 Å². The molecule has 0 aliphatic carbocycles. The van der Waals surface area contributed by atoms with Crippen molar-refractivity contribution in [3.05, 3.63) is 35.4 Å². The van der Waals surface area contributed by atoms with Crippen molar-refractivity contribution < 1.29 is 9.90 Å². The van der Waals surface area contributed by atoms with Crippen molar-refractivity contribution in [2.24, 2.45) is 0 Å². The zero-order chi connectivity index (χ0) is 11.3. The number of hydrogen-bond acceptors (Lipinski definition) is 1. The number of carboxylic acids is 1. The van der Waals surface area contributed by atoms with E-state index in [9.17, 15) is 4.79 Å². The molecule has 0 saturated heterocycles. The van der Waals surface area contributed by atoms with Crippen molar-refractivity contribution in [1.29, 1.82) is 0 Å². The summed E-state index contributed by atoms with van der Waals surface area (Å²) in [5.74, 6) is -0.494. The molecule has 0 radical (unpaired) electrons. The maximum atomic E-state index is 11.0. The van der Waals surface area contributed by atoms with E-state index in [4.69, 9.17) is 5.11 Å². The van der Waals surface area contributed by atoms with Crippen molar-refractivity contribution in [3.63, 3.8) is 0 Å². The Morgan fingerprint density at radius 3 is 2.67 bits per heavy atom. The Kier molecular flexibility index (Phi) is 4.35. The van der Waals surface area contributed by atoms with Crippen LogP contribution in [0.1, 0.15) is 54.9 Å². The summed E-state index contributed by atoms with van der Waals surface area (Å²) in [5, 5.41) is 9.04. The molecule has 0 aromatic heterocycles. The van der Waals surface area contributed by atoms with Gasteiger partial charge in [0.2, 0.25) is 0 Å². The number of hydrogen-bond donors (Lipinski definition) is 1. The molecule has 0 aliphatic rings. The molecule has 2 heteroatoms. The lowest BCUT2D eigenvalue weighted by atomic mass is 9.91. The van der Waals surface area contributed by atoms with Gasteiger partial charge in [0.05, 0.1) is 5.56 Å². The molecular weight excluding hydrogens is 188 g/mol. The highest BCUT2D eigenvalue weighted by Crippen LogP contribution is 2.24. The molecule has 0 spiro atoms. The smallest absolute Gasteiger partial charge is 0.335 e. The maximum Gasteiger partial charge on any atom is 0.335 e. The Morgan fingerprint density at radius 1 is 1.40 bits per heavy atom. The van der Waals surface area contributed by atoms with E-state index in [1.807, 2.05) is 12.1 Å². The van der Waals surface area contributed by atoms with Crippen molar-refractivity contribution in [1.82, 2.24) is 0 Å². The molecule has 1 aromatic rings. The highest BCUT2D eigenvalue weighted by Gasteiger charge is 2.13. The molecule has 1 aromatic carbocycles. The second kappa shape index (κ2) is 5.54. The Morgan fingerprint density at radius 2 is 2.07 bits per heavy atom. The fraction of sp³-hybridized carbons (Fsp3) is 0.462. The summed E-state index contributed by atoms with van der Waals surface area (Å²) < 4.78 is 0. The van der Waals surface area contributed by atoms with Crippen molar-refractivity contribution in [2.45, 2.75) is 39.0 Å². The van der Waals surface area contributed by atoms with E-state index in [-0.39, 0.29) is 0 Å². The van der Waals surface area contributed by atoms with Gasteiger partial charge in [0, 0.05) is 0 Å². The van der Waals surface area contributed by atoms with E-state index in [2.05, 4.69) is 13.8 Å². The van der Waals surface area contributed by atoms with Gasteiger partial charge in [-0.05, 0) is 24.0 Å². The standard InChI is InChI=1S/C13H18O2/c1-3-4-7-10(2)11-8-5-6-9-12(11)13(14)15/h5-6,8-10H,3-4,7H2,1-2H3,(H,14,15). The second-order valence-corrected chi connectivity index (χ2v) is 3.94. The third-order valence-corrected chi connectivity index (χ3v) is 2.71. The first-order valence-corrected chi connectivity index (χ1v) is 5.49. The summed E-state index contributed by atoms with van der Waals surface area (Å²) in [4.78, 5) is 11.0. The molecular formula is C13H18O2. The largest absolute Gasteiger partial charge is 0.478 e. The van der Waals surface area contributed by atoms with E-state index in [1.54, 1.807) is 12.1 Å². The number of carboxylic acid groups (broad SMARTS) is 1. The fourth-order valence-electron chi connectivity index (χ4n) is 1.79. The molecule has 0 aliphatic heterocycles. The van der Waals surface area contributed by atoms with Gasteiger partial charge in [-0.3, -0.25) is 0 Å². The lowest BCUT2D eigenvalue weighted by molar-refractivity contribution is 0.0695. The molecule has 0 bridgehead atoms. The van der Waals surface area contributed by atoms with Crippen LogP contribution in [0.4, 0.5) is 0 Å². The Hall–Kier alpha value is -1.31. The van der Waals surface area contributed by atoms with Gasteiger partial charge in [-0.2, -0.15) is 0 Å². The van der Waals surface area contributed by atoms with E-state index in [0.29, 0.717) is 11.5 Å². The molecule has 0 fully saturated rings. The molecule has 1 rings (SSSR count). The van der Waals surface area contributed by atoms with E-state index < -0.39 is 5.97 Å². The average molecular weight is 206 g/mol. The Balaban J connectivity index is 2.87. The summed E-state index contributed by atoms with van der Waals surface area (Å²) in [6.07, 6.45) is 3.36. The monoisotopic (exact) mass is 206 g/mol. The predicted octanol–water partition coefficient (Wildman–Crippen LogP) is 3.68. The van der Waals surface area contributed by atoms with Gasteiger partial charge in [0.25, 0.3) is 0 Å². The molecule has 2 nitrogen and oxygen atoms in total. The average Bonchev–Trinajstić information content (AvgIpc) is 2.25. The first-order chi connectivity index (χ1) is 7.16. The Labute approximate surface area is 90.9 Å². The van der Waals surface area contributed by atoms with Crippen LogP contribution in [0.5, 0.6) is 0 Å². The minimum absolute atomic E-state index is 0.331. The highest BCUT2D eigenvalue weighted by molar-refractivity contribution is 5.89. The number of rotatable bonds is 5. The molecule has 15 heavy (non-hydrogen) atoms. The molecule has 0 amide bonds. The quantitative estimate of drug-likeness (QED) is 0.798. The van der Waals surface area contributed by atoms with E-state index in [0.717, 1.165) is 24.8 Å². The summed E-state index contributed by atoms with van der Waals surface area (Å²) >= 11 is 0. The lowest BCUT2D eigenvalue weighted by Gasteiger charge is -2.13. The van der Waals surface area contributed by atoms with Gasteiger partial charge < -0.3 is 5.11 Å². The van der Waals surface area contributed by atoms with Crippen LogP contribution in [0.3, 0.4) is 0 Å². The zero-order valence-corrected chi connectivity index (χ0v) is 9.36. The summed E-state index contributed by atoms with van der Waals surface area (Å²) in [5.41, 5.74) is 1.40. The van der Waals surface area contributed by atoms with Gasteiger partial charge in [0.15, 0.2) is 0 Å². The molecule has 1 atom stereocenters. The van der Waals surface area contributed by atoms with Gasteiger partial charge in [-0.25, -0.2) is 4.79 Å². The second-order valence-electron chi connectivity index (χ2n) is 3.94. The first-order valence-electron chi connectivity index (χ1n) is 5.49. The predicted molar refractivity (Wildman–Crippen MR) is 61.3 cm³/mol. The lowest BCUT2D eigenvalue weighted by Crippen LogP contribution is -2.05. The van der Waals surface area contributed by atoms with Crippen LogP contribution < -0.4 is 0 Å². The van der Waals surface area contributed by atoms with Gasteiger partial charge in [-0.15, -0.1) is 0 Å². The highest BCUT2D eigenvalue weighted by atomic mass is 16.4. The molecule has 82 valence electrons. The third-order valence-electron chi connectivity index (χ3n) is 2.71. The van der Waals surface area contributed by atoms with Crippen LogP contribution in [-0.2, 0) is 0 Å². The van der Waals surface area contributed by atoms with Gasteiger partial charge >= 0.3 is 5.97 Å². The number of benzene rings is 1. The summed E-state index contributed by atoms with van der Waals surface area (Å²) in [6, 6.07) is 7.29. The van der Waals surface area contributed by atoms with Crippen LogP contribution in [-0.4, -0.2) is 11.1 Å². The molecule has 1 unspecified atom stereocenters. The van der Waals surface area contributed by atoms with Crippen LogP contribution in [0.15, 0.2) is 24.3 Å². The first kappa shape index (κ1) is 11.8. The molecule has 0 heterocycles. The van der Waals surface area contributed by atoms with Crippen LogP contribution in [0.25, 0.3) is 0 Å².